The van der Waals surface area contributed by atoms with Gasteiger partial charge in [0.1, 0.15) is 0 Å². The van der Waals surface area contributed by atoms with Gasteiger partial charge in [0, 0.05) is 24.6 Å². The summed E-state index contributed by atoms with van der Waals surface area (Å²) >= 11 is 3.40. The molecule has 0 saturated heterocycles. The SMILES string of the molecule is C=CCN(C)S(=O)(=O)c1cc(CNCCC)cc(C)c1Br. The van der Waals surface area contributed by atoms with Gasteiger partial charge in [0.2, 0.25) is 10.0 Å². The average molecular weight is 375 g/mol. The molecular formula is C15H23BrN2O2S. The lowest BCUT2D eigenvalue weighted by molar-refractivity contribution is 0.498. The molecule has 0 aromatic heterocycles. The van der Waals surface area contributed by atoms with Crippen LogP contribution in [0.3, 0.4) is 0 Å². The highest BCUT2D eigenvalue weighted by atomic mass is 79.9. The Morgan fingerprint density at radius 2 is 2.10 bits per heavy atom. The monoisotopic (exact) mass is 374 g/mol. The number of nitrogens with zero attached hydrogens (tertiary/aromatic N) is 1. The Morgan fingerprint density at radius 1 is 1.43 bits per heavy atom. The van der Waals surface area contributed by atoms with E-state index in [0.717, 1.165) is 24.1 Å². The zero-order valence-corrected chi connectivity index (χ0v) is 15.2. The number of halogens is 1. The van der Waals surface area contributed by atoms with Crippen LogP contribution in [0.1, 0.15) is 24.5 Å². The number of hydrogen-bond acceptors (Lipinski definition) is 3. The summed E-state index contributed by atoms with van der Waals surface area (Å²) in [5.41, 5.74) is 1.88. The van der Waals surface area contributed by atoms with Crippen LogP contribution in [0.5, 0.6) is 0 Å². The summed E-state index contributed by atoms with van der Waals surface area (Å²) in [6.45, 7) is 9.44. The molecule has 21 heavy (non-hydrogen) atoms. The van der Waals surface area contributed by atoms with E-state index in [1.54, 1.807) is 19.2 Å². The van der Waals surface area contributed by atoms with Crippen molar-refractivity contribution in [2.24, 2.45) is 0 Å². The molecule has 4 nitrogen and oxygen atoms in total. The van der Waals surface area contributed by atoms with Crippen LogP contribution in [0.4, 0.5) is 0 Å². The van der Waals surface area contributed by atoms with E-state index in [4.69, 9.17) is 0 Å². The minimum atomic E-state index is -3.52. The van der Waals surface area contributed by atoms with Crippen molar-refractivity contribution in [1.29, 1.82) is 0 Å². The second-order valence-electron chi connectivity index (χ2n) is 4.98. The number of hydrogen-bond donors (Lipinski definition) is 1. The third-order valence-corrected chi connectivity index (χ3v) is 6.27. The highest BCUT2D eigenvalue weighted by Gasteiger charge is 2.24. The molecule has 1 rings (SSSR count). The van der Waals surface area contributed by atoms with E-state index in [0.29, 0.717) is 15.9 Å². The molecule has 0 bridgehead atoms. The zero-order valence-electron chi connectivity index (χ0n) is 12.8. The van der Waals surface area contributed by atoms with Gasteiger partial charge < -0.3 is 5.32 Å². The van der Waals surface area contributed by atoms with Gasteiger partial charge in [-0.3, -0.25) is 0 Å². The van der Waals surface area contributed by atoms with Gasteiger partial charge in [0.25, 0.3) is 0 Å². The molecule has 0 amide bonds. The van der Waals surface area contributed by atoms with E-state index in [9.17, 15) is 8.42 Å². The molecule has 0 aliphatic rings. The Balaban J connectivity index is 3.19. The Kier molecular flexibility index (Phi) is 7.06. The van der Waals surface area contributed by atoms with E-state index in [1.807, 2.05) is 13.0 Å². The van der Waals surface area contributed by atoms with Crippen LogP contribution in [0.15, 0.2) is 34.2 Å². The highest BCUT2D eigenvalue weighted by molar-refractivity contribution is 9.10. The van der Waals surface area contributed by atoms with Crippen LogP contribution < -0.4 is 5.32 Å². The van der Waals surface area contributed by atoms with Crippen molar-refractivity contribution in [3.8, 4) is 0 Å². The fourth-order valence-corrected chi connectivity index (χ4v) is 4.12. The predicted octanol–water partition coefficient (Wildman–Crippen LogP) is 3.06. The molecule has 0 fully saturated rings. The van der Waals surface area contributed by atoms with Crippen LogP contribution in [0.2, 0.25) is 0 Å². The van der Waals surface area contributed by atoms with Crippen molar-refractivity contribution >= 4 is 26.0 Å². The largest absolute Gasteiger partial charge is 0.313 e. The van der Waals surface area contributed by atoms with E-state index in [2.05, 4.69) is 34.7 Å². The molecule has 0 unspecified atom stereocenters. The number of nitrogens with one attached hydrogen (secondary N) is 1. The molecule has 0 aliphatic carbocycles. The van der Waals surface area contributed by atoms with Gasteiger partial charge in [-0.15, -0.1) is 6.58 Å². The molecule has 1 N–H and O–H groups in total. The summed E-state index contributed by atoms with van der Waals surface area (Å²) < 4.78 is 27.1. The minimum Gasteiger partial charge on any atom is -0.313 e. The highest BCUT2D eigenvalue weighted by Crippen LogP contribution is 2.29. The number of sulfonamides is 1. The molecule has 1 aromatic rings. The van der Waals surface area contributed by atoms with Gasteiger partial charge in [-0.1, -0.05) is 19.1 Å². The molecule has 0 radical (unpaired) electrons. The van der Waals surface area contributed by atoms with Crippen molar-refractivity contribution < 1.29 is 8.42 Å². The van der Waals surface area contributed by atoms with Crippen LogP contribution in [0.25, 0.3) is 0 Å². The van der Waals surface area contributed by atoms with Gasteiger partial charge in [-0.25, -0.2) is 8.42 Å². The summed E-state index contributed by atoms with van der Waals surface area (Å²) in [6.07, 6.45) is 2.62. The number of likely N-dealkylation sites (N-methyl/N-ethyl adjacent to an activating group) is 1. The Morgan fingerprint density at radius 3 is 2.67 bits per heavy atom. The fourth-order valence-electron chi connectivity index (χ4n) is 1.96. The molecule has 0 atom stereocenters. The lowest BCUT2D eigenvalue weighted by atomic mass is 10.1. The van der Waals surface area contributed by atoms with Gasteiger partial charge in [0.15, 0.2) is 0 Å². The van der Waals surface area contributed by atoms with Crippen LogP contribution >= 0.6 is 15.9 Å². The molecule has 118 valence electrons. The first-order chi connectivity index (χ1) is 9.84. The molecule has 0 aliphatic heterocycles. The van der Waals surface area contributed by atoms with Crippen LogP contribution in [-0.4, -0.2) is 32.9 Å². The average Bonchev–Trinajstić information content (AvgIpc) is 2.42. The molecule has 6 heteroatoms. The minimum absolute atomic E-state index is 0.284. The fraction of sp³-hybridized carbons (Fsp3) is 0.467. The van der Waals surface area contributed by atoms with E-state index >= 15 is 0 Å². The summed E-state index contributed by atoms with van der Waals surface area (Å²) in [7, 11) is -1.96. The van der Waals surface area contributed by atoms with E-state index in [1.165, 1.54) is 4.31 Å². The maximum absolute atomic E-state index is 12.6. The van der Waals surface area contributed by atoms with Crippen molar-refractivity contribution in [2.45, 2.75) is 31.7 Å². The van der Waals surface area contributed by atoms with E-state index in [-0.39, 0.29) is 6.54 Å². The summed E-state index contributed by atoms with van der Waals surface area (Å²) in [5.74, 6) is 0. The number of benzene rings is 1. The first kappa shape index (κ1) is 18.4. The number of rotatable bonds is 8. The topological polar surface area (TPSA) is 49.4 Å². The van der Waals surface area contributed by atoms with Crippen LogP contribution in [0, 0.1) is 6.92 Å². The van der Waals surface area contributed by atoms with Crippen molar-refractivity contribution in [3.05, 3.63) is 40.4 Å². The summed E-state index contributed by atoms with van der Waals surface area (Å²) in [5, 5.41) is 3.29. The van der Waals surface area contributed by atoms with Crippen molar-refractivity contribution in [2.75, 3.05) is 20.1 Å². The smallest absolute Gasteiger partial charge is 0.244 e. The van der Waals surface area contributed by atoms with Crippen molar-refractivity contribution in [1.82, 2.24) is 9.62 Å². The van der Waals surface area contributed by atoms with Crippen molar-refractivity contribution in [3.63, 3.8) is 0 Å². The second-order valence-corrected chi connectivity index (χ2v) is 7.78. The Bertz CT molecular complexity index is 600. The molecule has 0 heterocycles. The van der Waals surface area contributed by atoms with Gasteiger partial charge in [-0.05, 0) is 53.0 Å². The first-order valence-electron chi connectivity index (χ1n) is 6.91. The molecule has 1 aromatic carbocycles. The third-order valence-electron chi connectivity index (χ3n) is 3.11. The predicted molar refractivity (Wildman–Crippen MR) is 90.9 cm³/mol. The van der Waals surface area contributed by atoms with Gasteiger partial charge >= 0.3 is 0 Å². The number of aryl methyl sites for hydroxylation is 1. The molecule has 0 saturated carbocycles. The summed E-state index contributed by atoms with van der Waals surface area (Å²) in [6, 6.07) is 3.73. The zero-order chi connectivity index (χ0) is 16.0. The maximum atomic E-state index is 12.6. The molecule has 0 spiro atoms. The maximum Gasteiger partial charge on any atom is 0.244 e. The van der Waals surface area contributed by atoms with Crippen LogP contribution in [-0.2, 0) is 16.6 Å². The standard InChI is InChI=1S/C15H23BrN2O2S/c1-5-7-17-11-13-9-12(3)15(16)14(10-13)21(19,20)18(4)8-6-2/h6,9-10,17H,2,5,7-8,11H2,1,3-4H3. The lowest BCUT2D eigenvalue weighted by Gasteiger charge is -2.18. The van der Waals surface area contributed by atoms with E-state index < -0.39 is 10.0 Å². The first-order valence-corrected chi connectivity index (χ1v) is 9.14. The summed E-state index contributed by atoms with van der Waals surface area (Å²) in [4.78, 5) is 0.306. The van der Waals surface area contributed by atoms with Gasteiger partial charge in [-0.2, -0.15) is 4.31 Å². The second kappa shape index (κ2) is 8.08. The Hall–Kier alpha value is -0.690. The van der Waals surface area contributed by atoms with Gasteiger partial charge in [0.05, 0.1) is 4.90 Å². The molecular weight excluding hydrogens is 352 g/mol. The normalized spacial score (nSPS) is 11.9. The lowest BCUT2D eigenvalue weighted by Crippen LogP contribution is -2.27. The quantitative estimate of drug-likeness (QED) is 0.561. The third kappa shape index (κ3) is 4.64. The Labute approximate surface area is 136 Å².